The Morgan fingerprint density at radius 2 is 2.11 bits per heavy atom. The van der Waals surface area contributed by atoms with Crippen LogP contribution in [0.3, 0.4) is 0 Å². The zero-order chi connectivity index (χ0) is 13.4. The van der Waals surface area contributed by atoms with E-state index in [0.29, 0.717) is 10.8 Å². The smallest absolute Gasteiger partial charge is 0.345 e. The predicted octanol–water partition coefficient (Wildman–Crippen LogP) is 4.69. The first-order chi connectivity index (χ1) is 9.15. The highest BCUT2D eigenvalue weighted by Gasteiger charge is 2.20. The zero-order valence-corrected chi connectivity index (χ0v) is 11.7. The second-order valence-corrected chi connectivity index (χ2v) is 6.23. The third-order valence-electron chi connectivity index (χ3n) is 3.85. The van der Waals surface area contributed by atoms with E-state index in [1.165, 1.54) is 36.2 Å². The molecule has 2 aromatic rings. The van der Waals surface area contributed by atoms with Gasteiger partial charge >= 0.3 is 5.97 Å². The van der Waals surface area contributed by atoms with Crippen LogP contribution in [0.15, 0.2) is 30.3 Å². The molecular weight excluding hydrogens is 256 g/mol. The highest BCUT2D eigenvalue weighted by Crippen LogP contribution is 2.39. The van der Waals surface area contributed by atoms with Gasteiger partial charge in [-0.25, -0.2) is 4.79 Å². The number of thiophene rings is 1. The molecule has 3 rings (SSSR count). The fourth-order valence-electron chi connectivity index (χ4n) is 2.55. The summed E-state index contributed by atoms with van der Waals surface area (Å²) in [5.41, 5.74) is 3.60. The van der Waals surface area contributed by atoms with Crippen LogP contribution in [-0.2, 0) is 0 Å². The first-order valence-corrected chi connectivity index (χ1v) is 7.41. The maximum Gasteiger partial charge on any atom is 0.345 e. The summed E-state index contributed by atoms with van der Waals surface area (Å²) in [6.45, 7) is 1.98. The molecule has 0 aliphatic heterocycles. The molecule has 2 nitrogen and oxygen atoms in total. The zero-order valence-electron chi connectivity index (χ0n) is 10.8. The quantitative estimate of drug-likeness (QED) is 0.880. The van der Waals surface area contributed by atoms with Crippen LogP contribution in [-0.4, -0.2) is 11.1 Å². The largest absolute Gasteiger partial charge is 0.477 e. The summed E-state index contributed by atoms with van der Waals surface area (Å²) in [5.74, 6) is -0.131. The highest BCUT2D eigenvalue weighted by molar-refractivity contribution is 7.17. The minimum atomic E-state index is -0.838. The van der Waals surface area contributed by atoms with Crippen LogP contribution in [0.1, 0.15) is 46.0 Å². The Bertz CT molecular complexity index is 623. The monoisotopic (exact) mass is 272 g/mol. The number of carbonyl (C=O) groups is 1. The molecule has 1 aromatic carbocycles. The van der Waals surface area contributed by atoms with Crippen LogP contribution in [0.5, 0.6) is 0 Å². The molecule has 3 heteroatoms. The Morgan fingerprint density at radius 3 is 2.68 bits per heavy atom. The van der Waals surface area contributed by atoms with Crippen LogP contribution in [0.4, 0.5) is 0 Å². The SMILES string of the molecule is Cc1cc(C(=O)O)sc1-c1cccc(C2CCC2)c1. The third kappa shape index (κ3) is 2.30. The lowest BCUT2D eigenvalue weighted by atomic mass is 9.79. The number of benzene rings is 1. The number of hydrogen-bond acceptors (Lipinski definition) is 2. The van der Waals surface area contributed by atoms with E-state index in [2.05, 4.69) is 24.3 Å². The fourth-order valence-corrected chi connectivity index (χ4v) is 3.56. The van der Waals surface area contributed by atoms with Gasteiger partial charge in [0, 0.05) is 4.88 Å². The van der Waals surface area contributed by atoms with E-state index < -0.39 is 5.97 Å². The summed E-state index contributed by atoms with van der Waals surface area (Å²) >= 11 is 1.37. The van der Waals surface area contributed by atoms with Gasteiger partial charge in [-0.3, -0.25) is 0 Å². The van der Waals surface area contributed by atoms with Gasteiger partial charge in [-0.15, -0.1) is 11.3 Å². The first kappa shape index (κ1) is 12.4. The van der Waals surface area contributed by atoms with Gasteiger partial charge in [0.2, 0.25) is 0 Å². The highest BCUT2D eigenvalue weighted by atomic mass is 32.1. The van der Waals surface area contributed by atoms with E-state index in [-0.39, 0.29) is 0 Å². The van der Waals surface area contributed by atoms with E-state index in [4.69, 9.17) is 5.11 Å². The Morgan fingerprint density at radius 1 is 1.32 bits per heavy atom. The van der Waals surface area contributed by atoms with Gasteiger partial charge in [0.1, 0.15) is 4.88 Å². The van der Waals surface area contributed by atoms with Gasteiger partial charge in [0.15, 0.2) is 0 Å². The number of aromatic carboxylic acids is 1. The van der Waals surface area contributed by atoms with Crippen molar-refractivity contribution < 1.29 is 9.90 Å². The van der Waals surface area contributed by atoms with Crippen molar-refractivity contribution in [1.29, 1.82) is 0 Å². The van der Waals surface area contributed by atoms with Crippen LogP contribution >= 0.6 is 11.3 Å². The molecular formula is C16H16O2S. The Hall–Kier alpha value is -1.61. The Kier molecular flexibility index (Phi) is 3.15. The average molecular weight is 272 g/mol. The van der Waals surface area contributed by atoms with Gasteiger partial charge in [-0.2, -0.15) is 0 Å². The van der Waals surface area contributed by atoms with Gasteiger partial charge in [-0.05, 0) is 48.4 Å². The van der Waals surface area contributed by atoms with Crippen molar-refractivity contribution in [2.45, 2.75) is 32.1 Å². The lowest BCUT2D eigenvalue weighted by molar-refractivity contribution is 0.0702. The van der Waals surface area contributed by atoms with Gasteiger partial charge < -0.3 is 5.11 Å². The number of rotatable bonds is 3. The number of carboxylic acid groups (broad SMARTS) is 1. The molecule has 1 aliphatic rings. The molecule has 0 unspecified atom stereocenters. The number of carboxylic acids is 1. The van der Waals surface area contributed by atoms with E-state index in [1.807, 2.05) is 6.92 Å². The van der Waals surface area contributed by atoms with Crippen molar-refractivity contribution in [2.24, 2.45) is 0 Å². The van der Waals surface area contributed by atoms with Crippen LogP contribution in [0, 0.1) is 6.92 Å². The second kappa shape index (κ2) is 4.82. The molecule has 98 valence electrons. The minimum absolute atomic E-state index is 0.418. The van der Waals surface area contributed by atoms with Crippen LogP contribution in [0.25, 0.3) is 10.4 Å². The first-order valence-electron chi connectivity index (χ1n) is 6.59. The summed E-state index contributed by atoms with van der Waals surface area (Å²) in [4.78, 5) is 12.5. The van der Waals surface area contributed by atoms with Crippen molar-refractivity contribution in [3.63, 3.8) is 0 Å². The summed E-state index contributed by atoms with van der Waals surface area (Å²) in [6, 6.07) is 10.3. The minimum Gasteiger partial charge on any atom is -0.477 e. The molecule has 19 heavy (non-hydrogen) atoms. The van der Waals surface area contributed by atoms with E-state index >= 15 is 0 Å². The lowest BCUT2D eigenvalue weighted by Gasteiger charge is -2.26. The molecule has 0 spiro atoms. The normalized spacial score (nSPS) is 15.2. The van der Waals surface area contributed by atoms with E-state index in [9.17, 15) is 4.79 Å². The molecule has 1 aliphatic carbocycles. The number of aryl methyl sites for hydroxylation is 1. The van der Waals surface area contributed by atoms with Crippen molar-refractivity contribution in [1.82, 2.24) is 0 Å². The van der Waals surface area contributed by atoms with Crippen LogP contribution < -0.4 is 0 Å². The van der Waals surface area contributed by atoms with Crippen molar-refractivity contribution >= 4 is 17.3 Å². The van der Waals surface area contributed by atoms with E-state index in [0.717, 1.165) is 16.0 Å². The van der Waals surface area contributed by atoms with E-state index in [1.54, 1.807) is 6.07 Å². The summed E-state index contributed by atoms with van der Waals surface area (Å²) in [5, 5.41) is 9.07. The molecule has 1 saturated carbocycles. The summed E-state index contributed by atoms with van der Waals surface area (Å²) < 4.78 is 0. The van der Waals surface area contributed by atoms with Crippen LogP contribution in [0.2, 0.25) is 0 Å². The van der Waals surface area contributed by atoms with Gasteiger partial charge in [-0.1, -0.05) is 30.7 Å². The summed E-state index contributed by atoms with van der Waals surface area (Å²) in [6.07, 6.45) is 3.90. The van der Waals surface area contributed by atoms with Gasteiger partial charge in [0.25, 0.3) is 0 Å². The fraction of sp³-hybridized carbons (Fsp3) is 0.312. The number of hydrogen-bond donors (Lipinski definition) is 1. The second-order valence-electron chi connectivity index (χ2n) is 5.18. The molecule has 1 heterocycles. The van der Waals surface area contributed by atoms with Crippen molar-refractivity contribution in [3.8, 4) is 10.4 Å². The molecule has 1 aromatic heterocycles. The molecule has 0 saturated heterocycles. The van der Waals surface area contributed by atoms with Gasteiger partial charge in [0.05, 0.1) is 0 Å². The Labute approximate surface area is 116 Å². The third-order valence-corrected chi connectivity index (χ3v) is 5.13. The molecule has 0 bridgehead atoms. The molecule has 0 atom stereocenters. The van der Waals surface area contributed by atoms with Crippen molar-refractivity contribution in [2.75, 3.05) is 0 Å². The average Bonchev–Trinajstić information content (AvgIpc) is 2.70. The molecule has 1 fully saturated rings. The van der Waals surface area contributed by atoms with Crippen molar-refractivity contribution in [3.05, 3.63) is 46.3 Å². The maximum atomic E-state index is 11.0. The maximum absolute atomic E-state index is 11.0. The summed E-state index contributed by atoms with van der Waals surface area (Å²) in [7, 11) is 0. The molecule has 0 radical (unpaired) electrons. The predicted molar refractivity (Wildman–Crippen MR) is 78.0 cm³/mol. The molecule has 1 N–H and O–H groups in total. The topological polar surface area (TPSA) is 37.3 Å². The lowest BCUT2D eigenvalue weighted by Crippen LogP contribution is -2.08. The molecule has 0 amide bonds. The Balaban J connectivity index is 1.99. The standard InChI is InChI=1S/C16H16O2S/c1-10-8-14(16(17)18)19-15(10)13-7-3-6-12(9-13)11-4-2-5-11/h3,6-9,11H,2,4-5H2,1H3,(H,17,18).